The Hall–Kier alpha value is -1.61. The average Bonchev–Trinajstić information content (AvgIpc) is 2.54. The molecule has 0 amide bonds. The highest BCUT2D eigenvalue weighted by molar-refractivity contribution is 9.10. The number of halogens is 1. The van der Waals surface area contributed by atoms with Crippen molar-refractivity contribution in [2.24, 2.45) is 0 Å². The van der Waals surface area contributed by atoms with Gasteiger partial charge in [0.05, 0.1) is 5.56 Å². The lowest BCUT2D eigenvalue weighted by atomic mass is 10.1. The Morgan fingerprint density at radius 3 is 2.20 bits per heavy atom. The largest absolute Gasteiger partial charge is 0.458 e. The summed E-state index contributed by atoms with van der Waals surface area (Å²) < 4.78 is 6.07. The molecular weight excluding hydrogens is 376 g/mol. The van der Waals surface area contributed by atoms with Gasteiger partial charge in [-0.2, -0.15) is 0 Å². The van der Waals surface area contributed by atoms with E-state index in [0.717, 1.165) is 30.2 Å². The van der Waals surface area contributed by atoms with E-state index in [2.05, 4.69) is 55.8 Å². The topological polar surface area (TPSA) is 26.3 Å². The molecule has 0 radical (unpaired) electrons. The van der Waals surface area contributed by atoms with E-state index in [4.69, 9.17) is 4.74 Å². The van der Waals surface area contributed by atoms with Crippen LogP contribution in [0.4, 0.5) is 0 Å². The van der Waals surface area contributed by atoms with Gasteiger partial charge in [-0.3, -0.25) is 0 Å². The molecule has 0 saturated heterocycles. The smallest absolute Gasteiger partial charge is 0.339 e. The van der Waals surface area contributed by atoms with Gasteiger partial charge in [0.1, 0.15) is 6.61 Å². The third kappa shape index (κ3) is 9.45. The molecular formula is C22H29BrO2. The number of ether oxygens (including phenoxy) is 1. The normalized spacial score (nSPS) is 12.0. The minimum atomic E-state index is -0.300. The van der Waals surface area contributed by atoms with E-state index in [-0.39, 0.29) is 5.97 Å². The van der Waals surface area contributed by atoms with E-state index in [9.17, 15) is 4.79 Å². The van der Waals surface area contributed by atoms with Crippen molar-refractivity contribution in [3.63, 3.8) is 0 Å². The summed E-state index contributed by atoms with van der Waals surface area (Å²) in [6, 6.07) is 7.30. The van der Waals surface area contributed by atoms with Crippen molar-refractivity contribution in [2.75, 3.05) is 6.61 Å². The molecule has 1 aromatic rings. The molecule has 0 spiro atoms. The summed E-state index contributed by atoms with van der Waals surface area (Å²) in [6.45, 7) is 8.86. The second kappa shape index (κ2) is 11.9. The van der Waals surface area contributed by atoms with Crippen LogP contribution in [0.15, 0.2) is 63.7 Å². The molecule has 1 aromatic carbocycles. The molecule has 136 valence electrons. The second-order valence-electron chi connectivity index (χ2n) is 6.54. The summed E-state index contributed by atoms with van der Waals surface area (Å²) in [5.74, 6) is -0.300. The lowest BCUT2D eigenvalue weighted by molar-refractivity contribution is 0.0548. The summed E-state index contributed by atoms with van der Waals surface area (Å²) >= 11 is 3.36. The molecule has 0 heterocycles. The first-order chi connectivity index (χ1) is 11.9. The van der Waals surface area contributed by atoms with Gasteiger partial charge in [-0.25, -0.2) is 4.79 Å². The Bertz CT molecular complexity index is 650. The molecule has 0 aromatic heterocycles. The molecule has 0 aliphatic heterocycles. The van der Waals surface area contributed by atoms with E-state index in [1.165, 1.54) is 16.7 Å². The van der Waals surface area contributed by atoms with Crippen LogP contribution in [0, 0.1) is 0 Å². The van der Waals surface area contributed by atoms with Gasteiger partial charge in [-0.05, 0) is 87.5 Å². The molecule has 1 rings (SSSR count). The SMILES string of the molecule is CC(C)=CCC/C(C)=C/CC/C(C)=C/COC(=O)c1ccccc1Br. The maximum Gasteiger partial charge on any atom is 0.339 e. The summed E-state index contributed by atoms with van der Waals surface area (Å²) in [6.07, 6.45) is 10.8. The summed E-state index contributed by atoms with van der Waals surface area (Å²) in [5, 5.41) is 0. The lowest BCUT2D eigenvalue weighted by Gasteiger charge is -2.05. The summed E-state index contributed by atoms with van der Waals surface area (Å²) in [4.78, 5) is 12.0. The Balaban J connectivity index is 2.33. The number of esters is 1. The molecule has 0 fully saturated rings. The highest BCUT2D eigenvalue weighted by Gasteiger charge is 2.09. The van der Waals surface area contributed by atoms with Crippen LogP contribution >= 0.6 is 15.9 Å². The first-order valence-corrected chi connectivity index (χ1v) is 9.55. The van der Waals surface area contributed by atoms with Crippen LogP contribution in [0.3, 0.4) is 0 Å². The number of hydrogen-bond donors (Lipinski definition) is 0. The second-order valence-corrected chi connectivity index (χ2v) is 7.39. The zero-order valence-corrected chi connectivity index (χ0v) is 17.4. The van der Waals surface area contributed by atoms with Crippen LogP contribution < -0.4 is 0 Å². The van der Waals surface area contributed by atoms with Gasteiger partial charge in [0.2, 0.25) is 0 Å². The third-order valence-electron chi connectivity index (χ3n) is 3.86. The fourth-order valence-electron chi connectivity index (χ4n) is 2.30. The van der Waals surface area contributed by atoms with Gasteiger partial charge in [-0.15, -0.1) is 0 Å². The number of benzene rings is 1. The molecule has 0 atom stereocenters. The Kier molecular flexibility index (Phi) is 10.2. The van der Waals surface area contributed by atoms with Crippen molar-refractivity contribution < 1.29 is 9.53 Å². The van der Waals surface area contributed by atoms with Crippen molar-refractivity contribution in [1.29, 1.82) is 0 Å². The van der Waals surface area contributed by atoms with Crippen LogP contribution in [0.2, 0.25) is 0 Å². The van der Waals surface area contributed by atoms with Crippen LogP contribution in [-0.2, 0) is 4.74 Å². The Morgan fingerprint density at radius 2 is 1.56 bits per heavy atom. The van der Waals surface area contributed by atoms with Crippen LogP contribution in [0.1, 0.15) is 63.7 Å². The van der Waals surface area contributed by atoms with Gasteiger partial charge in [0.25, 0.3) is 0 Å². The van der Waals surface area contributed by atoms with Gasteiger partial charge in [0, 0.05) is 4.47 Å². The molecule has 0 bridgehead atoms. The monoisotopic (exact) mass is 404 g/mol. The highest BCUT2D eigenvalue weighted by atomic mass is 79.9. The average molecular weight is 405 g/mol. The molecule has 0 N–H and O–H groups in total. The van der Waals surface area contributed by atoms with Gasteiger partial charge in [0.15, 0.2) is 0 Å². The van der Waals surface area contributed by atoms with Gasteiger partial charge >= 0.3 is 5.97 Å². The molecule has 0 aliphatic rings. The first-order valence-electron chi connectivity index (χ1n) is 8.76. The van der Waals surface area contributed by atoms with Crippen molar-refractivity contribution in [3.8, 4) is 0 Å². The molecule has 3 heteroatoms. The molecule has 2 nitrogen and oxygen atoms in total. The van der Waals surface area contributed by atoms with E-state index < -0.39 is 0 Å². The fraction of sp³-hybridized carbons (Fsp3) is 0.409. The predicted molar refractivity (Wildman–Crippen MR) is 110 cm³/mol. The van der Waals surface area contributed by atoms with Crippen molar-refractivity contribution in [2.45, 2.75) is 53.4 Å². The molecule has 0 unspecified atom stereocenters. The maximum atomic E-state index is 12.0. The minimum absolute atomic E-state index is 0.300. The van der Waals surface area contributed by atoms with Crippen LogP contribution in [0.5, 0.6) is 0 Å². The van der Waals surface area contributed by atoms with Gasteiger partial charge in [-0.1, -0.05) is 41.0 Å². The number of hydrogen-bond acceptors (Lipinski definition) is 2. The van der Waals surface area contributed by atoms with E-state index >= 15 is 0 Å². The zero-order chi connectivity index (χ0) is 18.7. The Labute approximate surface area is 160 Å². The third-order valence-corrected chi connectivity index (χ3v) is 4.55. The Morgan fingerprint density at radius 1 is 0.960 bits per heavy atom. The molecule has 0 saturated carbocycles. The predicted octanol–water partition coefficient (Wildman–Crippen LogP) is 7.03. The van der Waals surface area contributed by atoms with E-state index in [1.807, 2.05) is 24.3 Å². The minimum Gasteiger partial charge on any atom is -0.458 e. The van der Waals surface area contributed by atoms with Crippen molar-refractivity contribution in [3.05, 3.63) is 69.2 Å². The maximum absolute atomic E-state index is 12.0. The standard InChI is InChI=1S/C22H29BrO2/c1-17(2)9-7-10-18(3)11-8-12-19(4)15-16-25-22(24)20-13-5-6-14-21(20)23/h5-6,9,11,13-15H,7-8,10,12,16H2,1-4H3/b18-11+,19-15+. The zero-order valence-electron chi connectivity index (χ0n) is 15.8. The summed E-state index contributed by atoms with van der Waals surface area (Å²) in [7, 11) is 0. The van der Waals surface area contributed by atoms with Crippen molar-refractivity contribution >= 4 is 21.9 Å². The van der Waals surface area contributed by atoms with Gasteiger partial charge < -0.3 is 4.74 Å². The molecule has 0 aliphatic carbocycles. The number of rotatable bonds is 9. The van der Waals surface area contributed by atoms with Crippen LogP contribution in [-0.4, -0.2) is 12.6 Å². The molecule has 25 heavy (non-hydrogen) atoms. The fourth-order valence-corrected chi connectivity index (χ4v) is 2.75. The highest BCUT2D eigenvalue weighted by Crippen LogP contribution is 2.17. The van der Waals surface area contributed by atoms with Crippen molar-refractivity contribution in [1.82, 2.24) is 0 Å². The number of allylic oxidation sites excluding steroid dienone is 5. The van der Waals surface area contributed by atoms with Crippen LogP contribution in [0.25, 0.3) is 0 Å². The van der Waals surface area contributed by atoms with E-state index in [0.29, 0.717) is 12.2 Å². The number of carbonyl (C=O) groups excluding carboxylic acids is 1. The first kappa shape index (κ1) is 21.4. The summed E-state index contributed by atoms with van der Waals surface area (Å²) in [5.41, 5.74) is 4.62. The number of carbonyl (C=O) groups is 1. The lowest BCUT2D eigenvalue weighted by Crippen LogP contribution is -2.06. The van der Waals surface area contributed by atoms with E-state index in [1.54, 1.807) is 6.07 Å². The quantitative estimate of drug-likeness (QED) is 0.326.